The zero-order valence-corrected chi connectivity index (χ0v) is 7.08. The fraction of sp³-hybridized carbons (Fsp3) is 0.625. The Hall–Kier alpha value is 0.0900. The first-order chi connectivity index (χ1) is 4.41. The van der Waals surface area contributed by atoms with E-state index in [-0.39, 0.29) is 0 Å². The topological polar surface area (TPSA) is 0 Å². The fourth-order valence-electron chi connectivity index (χ4n) is 0.569. The number of allylic oxidation sites excluding steroid dienone is 2. The van der Waals surface area contributed by atoms with Crippen molar-refractivity contribution in [2.75, 3.05) is 5.75 Å². The van der Waals surface area contributed by atoms with Crippen LogP contribution in [-0.2, 0) is 0 Å². The maximum Gasteiger partial charge on any atom is 0.0135 e. The Morgan fingerprint density at radius 3 is 2.67 bits per heavy atom. The minimum atomic E-state index is 1.23. The Bertz CT molecular complexity index is 67.0. The molecule has 1 radical (unpaired) electrons. The predicted octanol–water partition coefficient (Wildman–Crippen LogP) is 3.26. The van der Waals surface area contributed by atoms with E-state index in [1.54, 1.807) is 0 Å². The van der Waals surface area contributed by atoms with Gasteiger partial charge in [-0.05, 0) is 25.5 Å². The van der Waals surface area contributed by atoms with Crippen molar-refractivity contribution in [3.05, 3.63) is 17.9 Å². The Morgan fingerprint density at radius 1 is 1.33 bits per heavy atom. The highest BCUT2D eigenvalue weighted by molar-refractivity contribution is 8.01. The molecule has 0 aromatic rings. The molecule has 0 spiro atoms. The molecule has 0 nitrogen and oxygen atoms in total. The molecule has 0 aromatic heterocycles. The molecule has 0 saturated carbocycles. The molecule has 0 amide bonds. The molecule has 0 rings (SSSR count). The summed E-state index contributed by atoms with van der Waals surface area (Å²) in [4.78, 5) is 0. The quantitative estimate of drug-likeness (QED) is 0.420. The second-order valence-electron chi connectivity index (χ2n) is 1.82. The van der Waals surface area contributed by atoms with Crippen LogP contribution >= 0.6 is 11.8 Å². The van der Waals surface area contributed by atoms with Gasteiger partial charge in [0.15, 0.2) is 0 Å². The van der Waals surface area contributed by atoms with Gasteiger partial charge in [-0.1, -0.05) is 19.1 Å². The molecule has 0 N–H and O–H groups in total. The van der Waals surface area contributed by atoms with Gasteiger partial charge in [-0.25, -0.2) is 0 Å². The van der Waals surface area contributed by atoms with Crippen molar-refractivity contribution in [1.82, 2.24) is 0 Å². The highest BCUT2D eigenvalue weighted by atomic mass is 32.2. The number of hydrogen-bond acceptors (Lipinski definition) is 1. The Labute approximate surface area is 62.7 Å². The lowest BCUT2D eigenvalue weighted by atomic mass is 10.3. The number of unbranched alkanes of at least 4 members (excludes halogenated alkanes) is 1. The molecule has 0 saturated heterocycles. The third-order valence-corrected chi connectivity index (χ3v) is 1.89. The summed E-state index contributed by atoms with van der Waals surface area (Å²) in [5, 5.41) is 0. The second kappa shape index (κ2) is 8.09. The molecular formula is C8H15S. The van der Waals surface area contributed by atoms with E-state index in [0.717, 1.165) is 0 Å². The number of hydrogen-bond donors (Lipinski definition) is 0. The fourth-order valence-corrected chi connectivity index (χ4v) is 1.14. The molecule has 0 heterocycles. The van der Waals surface area contributed by atoms with E-state index in [0.29, 0.717) is 0 Å². The first-order valence-electron chi connectivity index (χ1n) is 3.42. The standard InChI is InChI=1S/C8H15S/c1-3-5-6-7-8-9-4-2/h3-5H,6-8H2,1-2H3/b5-3+. The van der Waals surface area contributed by atoms with Crippen LogP contribution < -0.4 is 0 Å². The van der Waals surface area contributed by atoms with E-state index in [1.165, 1.54) is 18.6 Å². The van der Waals surface area contributed by atoms with Gasteiger partial charge in [0, 0.05) is 5.75 Å². The summed E-state index contributed by atoms with van der Waals surface area (Å²) < 4.78 is 0. The lowest BCUT2D eigenvalue weighted by molar-refractivity contribution is 0.971. The average Bonchev–Trinajstić information content (AvgIpc) is 1.89. The molecule has 53 valence electrons. The minimum Gasteiger partial charge on any atom is -0.158 e. The smallest absolute Gasteiger partial charge is 0.0135 e. The maximum absolute atomic E-state index is 2.22. The molecular weight excluding hydrogens is 128 g/mol. The molecule has 0 aliphatic carbocycles. The lowest BCUT2D eigenvalue weighted by Gasteiger charge is -1.92. The Balaban J connectivity index is 2.75. The molecule has 0 aliphatic heterocycles. The van der Waals surface area contributed by atoms with Crippen LogP contribution in [0, 0.1) is 5.75 Å². The van der Waals surface area contributed by atoms with Crippen molar-refractivity contribution in [3.63, 3.8) is 0 Å². The average molecular weight is 143 g/mol. The molecule has 0 unspecified atom stereocenters. The Kier molecular flexibility index (Phi) is 8.17. The van der Waals surface area contributed by atoms with Gasteiger partial charge in [-0.15, -0.1) is 0 Å². The number of rotatable bonds is 5. The molecule has 0 atom stereocenters. The van der Waals surface area contributed by atoms with Gasteiger partial charge in [0.25, 0.3) is 0 Å². The van der Waals surface area contributed by atoms with E-state index in [1.807, 2.05) is 11.8 Å². The van der Waals surface area contributed by atoms with E-state index < -0.39 is 0 Å². The van der Waals surface area contributed by atoms with Crippen LogP contribution in [0.2, 0.25) is 0 Å². The van der Waals surface area contributed by atoms with E-state index in [4.69, 9.17) is 0 Å². The first-order valence-corrected chi connectivity index (χ1v) is 4.47. The van der Waals surface area contributed by atoms with Gasteiger partial charge in [0.1, 0.15) is 0 Å². The Morgan fingerprint density at radius 2 is 2.11 bits per heavy atom. The third-order valence-electron chi connectivity index (χ3n) is 1.04. The van der Waals surface area contributed by atoms with Gasteiger partial charge in [-0.3, -0.25) is 0 Å². The van der Waals surface area contributed by atoms with Crippen LogP contribution in [0.1, 0.15) is 26.7 Å². The van der Waals surface area contributed by atoms with Crippen molar-refractivity contribution in [2.45, 2.75) is 26.7 Å². The van der Waals surface area contributed by atoms with E-state index in [2.05, 4.69) is 31.8 Å². The third kappa shape index (κ3) is 8.09. The van der Waals surface area contributed by atoms with Gasteiger partial charge in [0.2, 0.25) is 0 Å². The van der Waals surface area contributed by atoms with Crippen LogP contribution in [-0.4, -0.2) is 5.75 Å². The van der Waals surface area contributed by atoms with Crippen LogP contribution in [0.25, 0.3) is 0 Å². The van der Waals surface area contributed by atoms with Gasteiger partial charge in [0.05, 0.1) is 0 Å². The maximum atomic E-state index is 2.22. The van der Waals surface area contributed by atoms with Crippen LogP contribution in [0.3, 0.4) is 0 Å². The van der Waals surface area contributed by atoms with Crippen LogP contribution in [0.5, 0.6) is 0 Å². The highest BCUT2D eigenvalue weighted by Gasteiger charge is 1.82. The van der Waals surface area contributed by atoms with Gasteiger partial charge >= 0.3 is 0 Å². The molecule has 0 fully saturated rings. The molecule has 0 bridgehead atoms. The first kappa shape index (κ1) is 9.09. The van der Waals surface area contributed by atoms with Gasteiger partial charge < -0.3 is 0 Å². The zero-order valence-electron chi connectivity index (χ0n) is 6.26. The van der Waals surface area contributed by atoms with Crippen molar-refractivity contribution in [3.8, 4) is 0 Å². The van der Waals surface area contributed by atoms with Crippen molar-refractivity contribution in [2.24, 2.45) is 0 Å². The largest absolute Gasteiger partial charge is 0.158 e. The lowest BCUT2D eigenvalue weighted by Crippen LogP contribution is -1.74. The minimum absolute atomic E-state index is 1.23. The SMILES string of the molecule is C[CH]SCCC/C=C/C. The van der Waals surface area contributed by atoms with Gasteiger partial charge in [-0.2, -0.15) is 11.8 Å². The summed E-state index contributed by atoms with van der Waals surface area (Å²) in [6.07, 6.45) is 6.87. The second-order valence-corrected chi connectivity index (χ2v) is 3.03. The summed E-state index contributed by atoms with van der Waals surface area (Å²) in [6.45, 7) is 4.15. The summed E-state index contributed by atoms with van der Waals surface area (Å²) in [5.74, 6) is 3.41. The predicted molar refractivity (Wildman–Crippen MR) is 46.5 cm³/mol. The van der Waals surface area contributed by atoms with Crippen LogP contribution in [0.4, 0.5) is 0 Å². The zero-order chi connectivity index (χ0) is 6.95. The van der Waals surface area contributed by atoms with Crippen molar-refractivity contribution >= 4 is 11.8 Å². The highest BCUT2D eigenvalue weighted by Crippen LogP contribution is 2.06. The van der Waals surface area contributed by atoms with E-state index in [9.17, 15) is 0 Å². The van der Waals surface area contributed by atoms with Crippen molar-refractivity contribution in [1.29, 1.82) is 0 Å². The monoisotopic (exact) mass is 143 g/mol. The summed E-state index contributed by atoms with van der Waals surface area (Å²) in [5.41, 5.74) is 0. The molecule has 9 heavy (non-hydrogen) atoms. The molecule has 0 aliphatic rings. The summed E-state index contributed by atoms with van der Waals surface area (Å²) >= 11 is 1.90. The summed E-state index contributed by atoms with van der Waals surface area (Å²) in [6, 6.07) is 0. The molecule has 0 aromatic carbocycles. The summed E-state index contributed by atoms with van der Waals surface area (Å²) in [7, 11) is 0. The molecule has 1 heteroatoms. The normalized spacial score (nSPS) is 10.9. The number of thioether (sulfide) groups is 1. The van der Waals surface area contributed by atoms with Crippen molar-refractivity contribution < 1.29 is 0 Å². The van der Waals surface area contributed by atoms with E-state index >= 15 is 0 Å². The van der Waals surface area contributed by atoms with Crippen LogP contribution in [0.15, 0.2) is 12.2 Å².